The van der Waals surface area contributed by atoms with Gasteiger partial charge in [-0.05, 0) is 48.6 Å². The normalized spacial score (nSPS) is 13.8. The molecule has 33 heavy (non-hydrogen) atoms. The first kappa shape index (κ1) is 22.7. The summed E-state index contributed by atoms with van der Waals surface area (Å²) in [7, 11) is 0. The summed E-state index contributed by atoms with van der Waals surface area (Å²) in [4.78, 5) is 0. The minimum atomic E-state index is 0.471. The van der Waals surface area contributed by atoms with Crippen molar-refractivity contribution in [1.29, 1.82) is 5.26 Å². The van der Waals surface area contributed by atoms with E-state index >= 15 is 0 Å². The lowest BCUT2D eigenvalue weighted by Crippen LogP contribution is -2.08. The number of anilines is 2. The molecule has 0 atom stereocenters. The van der Waals surface area contributed by atoms with Crippen LogP contribution in [0, 0.1) is 17.2 Å². The van der Waals surface area contributed by atoms with E-state index < -0.39 is 0 Å². The quantitative estimate of drug-likeness (QED) is 0.329. The van der Waals surface area contributed by atoms with Crippen molar-refractivity contribution >= 4 is 11.4 Å². The average molecular weight is 441 g/mol. The Hall–Kier alpha value is -3.45. The van der Waals surface area contributed by atoms with Crippen LogP contribution in [0.1, 0.15) is 56.1 Å². The summed E-state index contributed by atoms with van der Waals surface area (Å²) in [6, 6.07) is 25.7. The van der Waals surface area contributed by atoms with Gasteiger partial charge in [-0.2, -0.15) is 5.26 Å². The van der Waals surface area contributed by atoms with Crippen LogP contribution < -0.4 is 14.8 Å². The summed E-state index contributed by atoms with van der Waals surface area (Å²) in [5, 5.41) is 13.0. The van der Waals surface area contributed by atoms with Gasteiger partial charge in [0.2, 0.25) is 0 Å². The molecule has 0 aromatic heterocycles. The maximum absolute atomic E-state index is 9.64. The fourth-order valence-electron chi connectivity index (χ4n) is 4.41. The predicted molar refractivity (Wildman–Crippen MR) is 133 cm³/mol. The fourth-order valence-corrected chi connectivity index (χ4v) is 4.41. The number of nitrogens with one attached hydrogen (secondary N) is 1. The van der Waals surface area contributed by atoms with E-state index in [9.17, 15) is 5.26 Å². The molecule has 0 aliphatic heterocycles. The molecule has 1 aliphatic carbocycles. The average Bonchev–Trinajstić information content (AvgIpc) is 2.87. The molecule has 0 saturated heterocycles. The molecule has 1 fully saturated rings. The van der Waals surface area contributed by atoms with Gasteiger partial charge >= 0.3 is 0 Å². The van der Waals surface area contributed by atoms with Crippen LogP contribution in [0.5, 0.6) is 11.5 Å². The Kier molecular flexibility index (Phi) is 8.25. The van der Waals surface area contributed by atoms with E-state index in [1.165, 1.54) is 38.5 Å². The van der Waals surface area contributed by atoms with Crippen molar-refractivity contribution in [1.82, 2.24) is 0 Å². The summed E-state index contributed by atoms with van der Waals surface area (Å²) in [5.74, 6) is 2.42. The molecule has 0 spiro atoms. The topological polar surface area (TPSA) is 54.3 Å². The standard InChI is InChI=1S/C29H32N2O2/c30-21-25-19-28(33-22-24-11-5-2-6-12-24)16-17-29(25)31-26-14-7-15-27(20-26)32-18-8-13-23-9-3-1-4-10-23/h2,5-7,11-12,14-17,19-20,23,31H,1,3-4,8-10,13,18,22H2. The van der Waals surface area contributed by atoms with E-state index in [1.807, 2.05) is 66.7 Å². The second-order valence-electron chi connectivity index (χ2n) is 8.74. The molecule has 0 heterocycles. The Balaban J connectivity index is 1.30. The van der Waals surface area contributed by atoms with Crippen LogP contribution in [0.3, 0.4) is 0 Å². The Morgan fingerprint density at radius 1 is 0.848 bits per heavy atom. The van der Waals surface area contributed by atoms with Crippen molar-refractivity contribution in [3.05, 3.63) is 83.9 Å². The van der Waals surface area contributed by atoms with E-state index in [0.29, 0.717) is 17.9 Å². The van der Waals surface area contributed by atoms with Crippen LogP contribution in [0.15, 0.2) is 72.8 Å². The summed E-state index contributed by atoms with van der Waals surface area (Å²) in [5.41, 5.74) is 3.28. The second-order valence-corrected chi connectivity index (χ2v) is 8.74. The van der Waals surface area contributed by atoms with Crippen molar-refractivity contribution in [2.45, 2.75) is 51.6 Å². The number of nitrogens with zero attached hydrogens (tertiary/aromatic N) is 1. The Morgan fingerprint density at radius 3 is 2.48 bits per heavy atom. The highest BCUT2D eigenvalue weighted by atomic mass is 16.5. The molecule has 4 nitrogen and oxygen atoms in total. The summed E-state index contributed by atoms with van der Waals surface area (Å²) in [6.07, 6.45) is 9.33. The van der Waals surface area contributed by atoms with E-state index in [4.69, 9.17) is 9.47 Å². The minimum Gasteiger partial charge on any atom is -0.494 e. The molecule has 0 bridgehead atoms. The smallest absolute Gasteiger partial charge is 0.121 e. The predicted octanol–water partition coefficient (Wildman–Crippen LogP) is 7.62. The lowest BCUT2D eigenvalue weighted by molar-refractivity contribution is 0.269. The van der Waals surface area contributed by atoms with Crippen molar-refractivity contribution < 1.29 is 9.47 Å². The SMILES string of the molecule is N#Cc1cc(OCc2ccccc2)ccc1Nc1cccc(OCCCC2CCCCC2)c1. The highest BCUT2D eigenvalue weighted by molar-refractivity contribution is 5.68. The zero-order valence-corrected chi connectivity index (χ0v) is 19.1. The Bertz CT molecular complexity index is 1050. The van der Waals surface area contributed by atoms with Gasteiger partial charge in [0.25, 0.3) is 0 Å². The van der Waals surface area contributed by atoms with Gasteiger partial charge in [0.05, 0.1) is 17.9 Å². The first-order chi connectivity index (χ1) is 16.3. The van der Waals surface area contributed by atoms with Gasteiger partial charge in [0.15, 0.2) is 0 Å². The number of rotatable bonds is 10. The molecule has 4 rings (SSSR count). The monoisotopic (exact) mass is 440 g/mol. The van der Waals surface area contributed by atoms with Gasteiger partial charge in [-0.15, -0.1) is 0 Å². The first-order valence-electron chi connectivity index (χ1n) is 12.0. The third kappa shape index (κ3) is 7.02. The minimum absolute atomic E-state index is 0.471. The molecule has 1 aliphatic rings. The molecule has 0 radical (unpaired) electrons. The molecule has 0 amide bonds. The van der Waals surface area contributed by atoms with Crippen LogP contribution in [-0.4, -0.2) is 6.61 Å². The van der Waals surface area contributed by atoms with Gasteiger partial charge < -0.3 is 14.8 Å². The molecule has 3 aromatic rings. The van der Waals surface area contributed by atoms with Crippen LogP contribution in [0.2, 0.25) is 0 Å². The lowest BCUT2D eigenvalue weighted by Gasteiger charge is -2.21. The molecule has 170 valence electrons. The summed E-state index contributed by atoms with van der Waals surface area (Å²) in [6.45, 7) is 1.22. The summed E-state index contributed by atoms with van der Waals surface area (Å²) < 4.78 is 11.9. The first-order valence-corrected chi connectivity index (χ1v) is 12.0. The van der Waals surface area contributed by atoms with Crippen LogP contribution >= 0.6 is 0 Å². The zero-order chi connectivity index (χ0) is 22.7. The third-order valence-corrected chi connectivity index (χ3v) is 6.22. The number of hydrogen-bond donors (Lipinski definition) is 1. The van der Waals surface area contributed by atoms with Crippen molar-refractivity contribution in [3.63, 3.8) is 0 Å². The third-order valence-electron chi connectivity index (χ3n) is 6.22. The molecule has 1 N–H and O–H groups in total. The molecule has 4 heteroatoms. The maximum atomic E-state index is 9.64. The van der Waals surface area contributed by atoms with Crippen LogP contribution in [0.25, 0.3) is 0 Å². The maximum Gasteiger partial charge on any atom is 0.121 e. The van der Waals surface area contributed by atoms with Crippen molar-refractivity contribution in [2.24, 2.45) is 5.92 Å². The number of nitriles is 1. The number of ether oxygens (including phenoxy) is 2. The van der Waals surface area contributed by atoms with Crippen LogP contribution in [0.4, 0.5) is 11.4 Å². The molecular formula is C29H32N2O2. The van der Waals surface area contributed by atoms with E-state index in [0.717, 1.165) is 41.6 Å². The van der Waals surface area contributed by atoms with Gasteiger partial charge in [-0.25, -0.2) is 0 Å². The number of hydrogen-bond acceptors (Lipinski definition) is 4. The van der Waals surface area contributed by atoms with Crippen molar-refractivity contribution in [3.8, 4) is 17.6 Å². The van der Waals surface area contributed by atoms with Gasteiger partial charge in [-0.3, -0.25) is 0 Å². The highest BCUT2D eigenvalue weighted by Gasteiger charge is 2.13. The van der Waals surface area contributed by atoms with Gasteiger partial charge in [0.1, 0.15) is 24.2 Å². The Labute approximate surface area is 197 Å². The van der Waals surface area contributed by atoms with Gasteiger partial charge in [0, 0.05) is 17.8 Å². The Morgan fingerprint density at radius 2 is 1.67 bits per heavy atom. The van der Waals surface area contributed by atoms with E-state index in [-0.39, 0.29) is 0 Å². The molecule has 0 unspecified atom stereocenters. The highest BCUT2D eigenvalue weighted by Crippen LogP contribution is 2.29. The zero-order valence-electron chi connectivity index (χ0n) is 19.1. The fraction of sp³-hybridized carbons (Fsp3) is 0.345. The second kappa shape index (κ2) is 12.0. The largest absolute Gasteiger partial charge is 0.494 e. The molecule has 1 saturated carbocycles. The van der Waals surface area contributed by atoms with E-state index in [2.05, 4.69) is 11.4 Å². The summed E-state index contributed by atoms with van der Waals surface area (Å²) >= 11 is 0. The number of benzene rings is 3. The van der Waals surface area contributed by atoms with Crippen LogP contribution in [-0.2, 0) is 6.61 Å². The van der Waals surface area contributed by atoms with Crippen molar-refractivity contribution in [2.75, 3.05) is 11.9 Å². The molecule has 3 aromatic carbocycles. The van der Waals surface area contributed by atoms with E-state index in [1.54, 1.807) is 6.07 Å². The van der Waals surface area contributed by atoms with Gasteiger partial charge in [-0.1, -0.05) is 68.5 Å². The molecular weight excluding hydrogens is 408 g/mol. The lowest BCUT2D eigenvalue weighted by atomic mass is 9.86.